The highest BCUT2D eigenvalue weighted by Gasteiger charge is 2.29. The molecule has 0 N–H and O–H groups in total. The van der Waals surface area contributed by atoms with Crippen LogP contribution in [0.2, 0.25) is 0 Å². The lowest BCUT2D eigenvalue weighted by Crippen LogP contribution is -2.05. The molecule has 2 aromatic carbocycles. The Balaban J connectivity index is 1.88. The van der Waals surface area contributed by atoms with Gasteiger partial charge in [-0.05, 0) is 42.3 Å². The van der Waals surface area contributed by atoms with Crippen molar-refractivity contribution in [2.24, 2.45) is 0 Å². The Morgan fingerprint density at radius 2 is 1.70 bits per heavy atom. The molecule has 0 fully saturated rings. The molecule has 0 spiro atoms. The van der Waals surface area contributed by atoms with Crippen LogP contribution < -0.4 is 4.74 Å². The highest BCUT2D eigenvalue weighted by molar-refractivity contribution is 5.28. The molecule has 1 nitrogen and oxygen atoms in total. The van der Waals surface area contributed by atoms with Gasteiger partial charge in [-0.1, -0.05) is 24.3 Å². The van der Waals surface area contributed by atoms with Crippen molar-refractivity contribution < 1.29 is 17.9 Å². The second-order valence-electron chi connectivity index (χ2n) is 4.61. The zero-order valence-electron chi connectivity index (χ0n) is 11.1. The van der Waals surface area contributed by atoms with Crippen molar-refractivity contribution in [1.82, 2.24) is 0 Å². The van der Waals surface area contributed by atoms with Crippen LogP contribution in [0.15, 0.2) is 48.5 Å². The average molecular weight is 280 g/mol. The lowest BCUT2D eigenvalue weighted by molar-refractivity contribution is -0.137. The van der Waals surface area contributed by atoms with E-state index in [-0.39, 0.29) is 0 Å². The SMILES string of the molecule is Cc1cccc(OCCc2ccc(C(F)(F)F)cc2)c1. The molecule has 0 atom stereocenters. The molecular weight excluding hydrogens is 265 g/mol. The molecule has 0 saturated heterocycles. The van der Waals surface area contributed by atoms with Gasteiger partial charge in [-0.3, -0.25) is 0 Å². The van der Waals surface area contributed by atoms with Crippen LogP contribution in [0.5, 0.6) is 5.75 Å². The quantitative estimate of drug-likeness (QED) is 0.793. The number of alkyl halides is 3. The summed E-state index contributed by atoms with van der Waals surface area (Å²) in [6.45, 7) is 2.41. The maximum absolute atomic E-state index is 12.4. The first kappa shape index (κ1) is 14.4. The minimum absolute atomic E-state index is 0.439. The number of aryl methyl sites for hydroxylation is 1. The third-order valence-electron chi connectivity index (χ3n) is 2.93. The molecule has 106 valence electrons. The van der Waals surface area contributed by atoms with E-state index in [1.165, 1.54) is 12.1 Å². The summed E-state index contributed by atoms with van der Waals surface area (Å²) in [4.78, 5) is 0. The van der Waals surface area contributed by atoms with E-state index in [4.69, 9.17) is 4.74 Å². The summed E-state index contributed by atoms with van der Waals surface area (Å²) in [6, 6.07) is 12.8. The van der Waals surface area contributed by atoms with Crippen LogP contribution in [0.25, 0.3) is 0 Å². The van der Waals surface area contributed by atoms with Crippen molar-refractivity contribution in [2.45, 2.75) is 19.5 Å². The fraction of sp³-hybridized carbons (Fsp3) is 0.250. The molecular formula is C16H15F3O. The molecule has 0 aliphatic carbocycles. The highest BCUT2D eigenvalue weighted by Crippen LogP contribution is 2.29. The second-order valence-corrected chi connectivity index (χ2v) is 4.61. The number of halogens is 3. The summed E-state index contributed by atoms with van der Waals surface area (Å²) in [7, 11) is 0. The Hall–Kier alpha value is -1.97. The van der Waals surface area contributed by atoms with Crippen LogP contribution in [-0.4, -0.2) is 6.61 Å². The topological polar surface area (TPSA) is 9.23 Å². The number of hydrogen-bond donors (Lipinski definition) is 0. The van der Waals surface area contributed by atoms with Gasteiger partial charge in [0.05, 0.1) is 12.2 Å². The van der Waals surface area contributed by atoms with Crippen LogP contribution in [0, 0.1) is 6.92 Å². The molecule has 0 heterocycles. The van der Waals surface area contributed by atoms with Crippen molar-refractivity contribution in [3.8, 4) is 5.75 Å². The van der Waals surface area contributed by atoms with Gasteiger partial charge < -0.3 is 4.74 Å². The zero-order valence-corrected chi connectivity index (χ0v) is 11.1. The summed E-state index contributed by atoms with van der Waals surface area (Å²) >= 11 is 0. The predicted molar refractivity (Wildman–Crippen MR) is 71.8 cm³/mol. The normalized spacial score (nSPS) is 11.4. The molecule has 0 radical (unpaired) electrons. The van der Waals surface area contributed by atoms with Gasteiger partial charge in [-0.25, -0.2) is 0 Å². The molecule has 0 bridgehead atoms. The molecule has 2 rings (SSSR count). The third kappa shape index (κ3) is 4.02. The number of rotatable bonds is 4. The van der Waals surface area contributed by atoms with Gasteiger partial charge in [-0.2, -0.15) is 13.2 Å². The van der Waals surface area contributed by atoms with E-state index in [1.807, 2.05) is 31.2 Å². The summed E-state index contributed by atoms with van der Waals surface area (Å²) in [5.74, 6) is 0.775. The maximum atomic E-state index is 12.4. The van der Waals surface area contributed by atoms with Crippen molar-refractivity contribution in [1.29, 1.82) is 0 Å². The Morgan fingerprint density at radius 3 is 2.30 bits per heavy atom. The van der Waals surface area contributed by atoms with Gasteiger partial charge in [0, 0.05) is 6.42 Å². The Morgan fingerprint density at radius 1 is 1.00 bits per heavy atom. The summed E-state index contributed by atoms with van der Waals surface area (Å²) in [5.41, 5.74) is 1.31. The van der Waals surface area contributed by atoms with Gasteiger partial charge in [0.25, 0.3) is 0 Å². The van der Waals surface area contributed by atoms with E-state index in [2.05, 4.69) is 0 Å². The van der Waals surface area contributed by atoms with E-state index in [0.717, 1.165) is 29.0 Å². The van der Waals surface area contributed by atoms with E-state index in [9.17, 15) is 13.2 Å². The lowest BCUT2D eigenvalue weighted by Gasteiger charge is -2.09. The first-order chi connectivity index (χ1) is 9.45. The summed E-state index contributed by atoms with van der Waals surface area (Å²) in [5, 5.41) is 0. The predicted octanol–water partition coefficient (Wildman–Crippen LogP) is 4.64. The van der Waals surface area contributed by atoms with Crippen molar-refractivity contribution in [3.05, 3.63) is 65.2 Å². The number of ether oxygens (including phenoxy) is 1. The summed E-state index contributed by atoms with van der Waals surface area (Å²) < 4.78 is 42.8. The molecule has 0 unspecified atom stereocenters. The van der Waals surface area contributed by atoms with Gasteiger partial charge >= 0.3 is 6.18 Å². The minimum Gasteiger partial charge on any atom is -0.493 e. The maximum Gasteiger partial charge on any atom is 0.416 e. The van der Waals surface area contributed by atoms with Gasteiger partial charge in [0.2, 0.25) is 0 Å². The lowest BCUT2D eigenvalue weighted by atomic mass is 10.1. The molecule has 0 aliphatic heterocycles. The largest absolute Gasteiger partial charge is 0.493 e. The molecule has 0 aliphatic rings. The Kier molecular flexibility index (Phi) is 4.32. The molecule has 0 amide bonds. The van der Waals surface area contributed by atoms with Crippen LogP contribution in [0.4, 0.5) is 13.2 Å². The van der Waals surface area contributed by atoms with Crippen molar-refractivity contribution >= 4 is 0 Å². The van der Waals surface area contributed by atoms with Gasteiger partial charge in [0.15, 0.2) is 0 Å². The van der Waals surface area contributed by atoms with Crippen LogP contribution >= 0.6 is 0 Å². The van der Waals surface area contributed by atoms with Gasteiger partial charge in [0.1, 0.15) is 5.75 Å². The molecule has 20 heavy (non-hydrogen) atoms. The van der Waals surface area contributed by atoms with E-state index in [0.29, 0.717) is 13.0 Å². The molecule has 0 aromatic heterocycles. The second kappa shape index (κ2) is 5.99. The molecule has 4 heteroatoms. The van der Waals surface area contributed by atoms with Crippen molar-refractivity contribution in [2.75, 3.05) is 6.61 Å². The van der Waals surface area contributed by atoms with Crippen LogP contribution in [0.1, 0.15) is 16.7 Å². The monoisotopic (exact) mass is 280 g/mol. The first-order valence-corrected chi connectivity index (χ1v) is 6.31. The first-order valence-electron chi connectivity index (χ1n) is 6.31. The summed E-state index contributed by atoms with van der Waals surface area (Å²) in [6.07, 6.45) is -3.71. The number of hydrogen-bond acceptors (Lipinski definition) is 1. The molecule has 0 saturated carbocycles. The fourth-order valence-electron chi connectivity index (χ4n) is 1.85. The van der Waals surface area contributed by atoms with E-state index >= 15 is 0 Å². The Labute approximate surface area is 116 Å². The third-order valence-corrected chi connectivity index (χ3v) is 2.93. The van der Waals surface area contributed by atoms with Crippen molar-refractivity contribution in [3.63, 3.8) is 0 Å². The Bertz CT molecular complexity index is 559. The van der Waals surface area contributed by atoms with Crippen LogP contribution in [-0.2, 0) is 12.6 Å². The zero-order chi connectivity index (χ0) is 14.6. The standard InChI is InChI=1S/C16H15F3O/c1-12-3-2-4-15(11-12)20-10-9-13-5-7-14(8-6-13)16(17,18)19/h2-8,11H,9-10H2,1H3. The van der Waals surface area contributed by atoms with E-state index in [1.54, 1.807) is 0 Å². The minimum atomic E-state index is -4.28. The number of benzene rings is 2. The smallest absolute Gasteiger partial charge is 0.416 e. The van der Waals surface area contributed by atoms with E-state index < -0.39 is 11.7 Å². The fourth-order valence-corrected chi connectivity index (χ4v) is 1.85. The highest BCUT2D eigenvalue weighted by atomic mass is 19.4. The van der Waals surface area contributed by atoms with Crippen LogP contribution in [0.3, 0.4) is 0 Å². The van der Waals surface area contributed by atoms with Gasteiger partial charge in [-0.15, -0.1) is 0 Å². The average Bonchev–Trinajstić information content (AvgIpc) is 2.38. The molecule has 2 aromatic rings.